The average molecular weight is 455 g/mol. The van der Waals surface area contributed by atoms with Crippen LogP contribution < -0.4 is 14.8 Å². The summed E-state index contributed by atoms with van der Waals surface area (Å²) in [5, 5.41) is 2.70. The first-order valence-corrected chi connectivity index (χ1v) is 11.4. The van der Waals surface area contributed by atoms with Gasteiger partial charge in [-0.25, -0.2) is 18.4 Å². The maximum Gasteiger partial charge on any atom is 0.262 e. The molecule has 168 valence electrons. The number of methoxy groups -OCH3 is 1. The van der Waals surface area contributed by atoms with Crippen LogP contribution in [-0.4, -0.2) is 31.4 Å². The lowest BCUT2D eigenvalue weighted by molar-refractivity contribution is 0.102. The van der Waals surface area contributed by atoms with Gasteiger partial charge < -0.3 is 10.1 Å². The Morgan fingerprint density at radius 1 is 1.03 bits per heavy atom. The standard InChI is InChI=1S/C23H26N4O4S/c1-15-10-11-16(21(28)26-17-13-24-22(25-14-17)23(2,3)4)12-20(15)32(29,30)27-18-8-6-7-9-19(18)31-5/h6-14,27H,1-5H3,(H,26,28). The summed E-state index contributed by atoms with van der Waals surface area (Å²) in [6.07, 6.45) is 3.06. The molecule has 0 aliphatic carbocycles. The van der Waals surface area contributed by atoms with Crippen molar-refractivity contribution in [1.29, 1.82) is 0 Å². The lowest BCUT2D eigenvalue weighted by Gasteiger charge is -2.16. The fraction of sp³-hybridized carbons (Fsp3) is 0.261. The predicted molar refractivity (Wildman–Crippen MR) is 124 cm³/mol. The molecule has 2 aromatic carbocycles. The molecule has 32 heavy (non-hydrogen) atoms. The highest BCUT2D eigenvalue weighted by Gasteiger charge is 2.21. The highest BCUT2D eigenvalue weighted by molar-refractivity contribution is 7.92. The molecule has 0 fully saturated rings. The van der Waals surface area contributed by atoms with Crippen LogP contribution in [0.4, 0.5) is 11.4 Å². The Morgan fingerprint density at radius 3 is 2.31 bits per heavy atom. The summed E-state index contributed by atoms with van der Waals surface area (Å²) in [5.74, 6) is 0.578. The van der Waals surface area contributed by atoms with Gasteiger partial charge in [0.15, 0.2) is 0 Å². The van der Waals surface area contributed by atoms with Gasteiger partial charge in [-0.3, -0.25) is 9.52 Å². The smallest absolute Gasteiger partial charge is 0.262 e. The molecule has 2 N–H and O–H groups in total. The van der Waals surface area contributed by atoms with Gasteiger partial charge in [-0.05, 0) is 36.8 Å². The highest BCUT2D eigenvalue weighted by Crippen LogP contribution is 2.27. The molecule has 1 amide bonds. The van der Waals surface area contributed by atoms with E-state index in [2.05, 4.69) is 20.0 Å². The Bertz CT molecular complexity index is 1230. The number of aryl methyl sites for hydroxylation is 1. The van der Waals surface area contributed by atoms with Crippen LogP contribution in [0.5, 0.6) is 5.75 Å². The fourth-order valence-corrected chi connectivity index (χ4v) is 4.28. The Morgan fingerprint density at radius 2 is 1.69 bits per heavy atom. The number of amides is 1. The summed E-state index contributed by atoms with van der Waals surface area (Å²) in [6.45, 7) is 7.65. The number of hydrogen-bond donors (Lipinski definition) is 2. The van der Waals surface area contributed by atoms with E-state index in [9.17, 15) is 13.2 Å². The van der Waals surface area contributed by atoms with Crippen LogP contribution in [0.15, 0.2) is 59.8 Å². The first kappa shape index (κ1) is 23.2. The van der Waals surface area contributed by atoms with Crippen LogP contribution in [0.25, 0.3) is 0 Å². The summed E-state index contributed by atoms with van der Waals surface area (Å²) in [6, 6.07) is 11.2. The Balaban J connectivity index is 1.85. The molecule has 3 rings (SSSR count). The summed E-state index contributed by atoms with van der Waals surface area (Å²) in [4.78, 5) is 21.3. The van der Waals surface area contributed by atoms with Crippen molar-refractivity contribution in [2.45, 2.75) is 38.0 Å². The average Bonchev–Trinajstić information content (AvgIpc) is 2.73. The molecular formula is C23H26N4O4S. The summed E-state index contributed by atoms with van der Waals surface area (Å²) >= 11 is 0. The summed E-state index contributed by atoms with van der Waals surface area (Å²) in [7, 11) is -2.50. The van der Waals surface area contributed by atoms with E-state index >= 15 is 0 Å². The second-order valence-corrected chi connectivity index (χ2v) is 9.94. The number of ether oxygens (including phenoxy) is 1. The number of sulfonamides is 1. The largest absolute Gasteiger partial charge is 0.495 e. The highest BCUT2D eigenvalue weighted by atomic mass is 32.2. The molecule has 0 aliphatic rings. The second kappa shape index (κ2) is 8.96. The van der Waals surface area contributed by atoms with Gasteiger partial charge in [-0.15, -0.1) is 0 Å². The first-order valence-electron chi connectivity index (χ1n) is 9.91. The van der Waals surface area contributed by atoms with E-state index in [4.69, 9.17) is 4.74 Å². The molecule has 0 atom stereocenters. The van der Waals surface area contributed by atoms with Gasteiger partial charge in [0.1, 0.15) is 11.6 Å². The van der Waals surface area contributed by atoms with E-state index in [0.29, 0.717) is 28.5 Å². The van der Waals surface area contributed by atoms with E-state index < -0.39 is 15.9 Å². The number of rotatable bonds is 6. The molecule has 3 aromatic rings. The number of nitrogens with zero attached hydrogens (tertiary/aromatic N) is 2. The number of carbonyl (C=O) groups excluding carboxylic acids is 1. The maximum absolute atomic E-state index is 13.0. The quantitative estimate of drug-likeness (QED) is 0.579. The summed E-state index contributed by atoms with van der Waals surface area (Å²) < 4.78 is 33.8. The molecular weight excluding hydrogens is 428 g/mol. The van der Waals surface area contributed by atoms with Gasteiger partial charge in [0.05, 0.1) is 35.8 Å². The lowest BCUT2D eigenvalue weighted by Crippen LogP contribution is -2.18. The molecule has 0 saturated carbocycles. The zero-order valence-corrected chi connectivity index (χ0v) is 19.4. The Kier molecular flexibility index (Phi) is 6.50. The second-order valence-electron chi connectivity index (χ2n) is 8.29. The van der Waals surface area contributed by atoms with Crippen LogP contribution in [0.3, 0.4) is 0 Å². The number of benzene rings is 2. The van der Waals surface area contributed by atoms with Crippen molar-refractivity contribution >= 4 is 27.3 Å². The number of aromatic nitrogens is 2. The third-order valence-corrected chi connectivity index (χ3v) is 6.18. The van der Waals surface area contributed by atoms with Crippen molar-refractivity contribution in [2.75, 3.05) is 17.1 Å². The fourth-order valence-electron chi connectivity index (χ4n) is 2.94. The number of nitrogens with one attached hydrogen (secondary N) is 2. The molecule has 0 spiro atoms. The molecule has 0 unspecified atom stereocenters. The zero-order valence-electron chi connectivity index (χ0n) is 18.6. The van der Waals surface area contributed by atoms with Crippen LogP contribution >= 0.6 is 0 Å². The minimum absolute atomic E-state index is 0.00427. The van der Waals surface area contributed by atoms with Gasteiger partial charge in [0.25, 0.3) is 15.9 Å². The van der Waals surface area contributed by atoms with Crippen molar-refractivity contribution in [1.82, 2.24) is 9.97 Å². The van der Waals surface area contributed by atoms with E-state index in [1.807, 2.05) is 20.8 Å². The van der Waals surface area contributed by atoms with Crippen LogP contribution in [0, 0.1) is 6.92 Å². The molecule has 0 bridgehead atoms. The van der Waals surface area contributed by atoms with Crippen molar-refractivity contribution in [2.24, 2.45) is 0 Å². The van der Waals surface area contributed by atoms with Crippen molar-refractivity contribution < 1.29 is 17.9 Å². The third-order valence-electron chi connectivity index (χ3n) is 4.67. The van der Waals surface area contributed by atoms with Crippen LogP contribution in [-0.2, 0) is 15.4 Å². The van der Waals surface area contributed by atoms with Crippen molar-refractivity contribution in [3.8, 4) is 5.75 Å². The third kappa shape index (κ3) is 5.23. The normalized spacial score (nSPS) is 11.7. The molecule has 1 aromatic heterocycles. The van der Waals surface area contributed by atoms with Crippen molar-refractivity contribution in [3.63, 3.8) is 0 Å². The lowest BCUT2D eigenvalue weighted by atomic mass is 9.96. The molecule has 1 heterocycles. The van der Waals surface area contributed by atoms with Crippen LogP contribution in [0.1, 0.15) is 42.5 Å². The monoisotopic (exact) mass is 454 g/mol. The Hall–Kier alpha value is -3.46. The van der Waals surface area contributed by atoms with E-state index in [0.717, 1.165) is 0 Å². The minimum Gasteiger partial charge on any atom is -0.495 e. The summed E-state index contributed by atoms with van der Waals surface area (Å²) in [5.41, 5.74) is 1.20. The number of anilines is 2. The molecule has 0 saturated heterocycles. The first-order chi connectivity index (χ1) is 15.0. The van der Waals surface area contributed by atoms with Gasteiger partial charge in [-0.2, -0.15) is 0 Å². The number of para-hydroxylation sites is 2. The zero-order chi connectivity index (χ0) is 23.5. The van der Waals surface area contributed by atoms with E-state index in [1.54, 1.807) is 43.3 Å². The topological polar surface area (TPSA) is 110 Å². The molecule has 0 aliphatic heterocycles. The number of carbonyl (C=O) groups is 1. The minimum atomic E-state index is -3.96. The van der Waals surface area contributed by atoms with Gasteiger partial charge in [0, 0.05) is 11.0 Å². The van der Waals surface area contributed by atoms with Gasteiger partial charge in [-0.1, -0.05) is 39.0 Å². The van der Waals surface area contributed by atoms with Crippen molar-refractivity contribution in [3.05, 3.63) is 71.8 Å². The SMILES string of the molecule is COc1ccccc1NS(=O)(=O)c1cc(C(=O)Nc2cnc(C(C)(C)C)nc2)ccc1C. The molecule has 0 radical (unpaired) electrons. The van der Waals surface area contributed by atoms with Crippen LogP contribution in [0.2, 0.25) is 0 Å². The predicted octanol–water partition coefficient (Wildman–Crippen LogP) is 4.14. The molecule has 9 heteroatoms. The molecule has 8 nitrogen and oxygen atoms in total. The Labute approximate surface area is 188 Å². The van der Waals surface area contributed by atoms with Gasteiger partial charge >= 0.3 is 0 Å². The van der Waals surface area contributed by atoms with E-state index in [-0.39, 0.29) is 15.9 Å². The number of hydrogen-bond acceptors (Lipinski definition) is 6. The van der Waals surface area contributed by atoms with Gasteiger partial charge in [0.2, 0.25) is 0 Å². The van der Waals surface area contributed by atoms with E-state index in [1.165, 1.54) is 25.6 Å². The maximum atomic E-state index is 13.0.